The average Bonchev–Trinajstić information content (AvgIpc) is 2.63. The number of halogens is 2. The summed E-state index contributed by atoms with van der Waals surface area (Å²) in [5, 5.41) is 2.64. The Bertz CT molecular complexity index is 781. The number of nitrogens with zero attached hydrogens (tertiary/aromatic N) is 1. The Hall–Kier alpha value is -2.41. The van der Waals surface area contributed by atoms with Gasteiger partial charge in [0.25, 0.3) is 5.91 Å². The second kappa shape index (κ2) is 9.33. The standard InChI is InChI=1S/C19H20BrFN2O3/c1-3-22-18(24)12-23(4-2)19(25)13-5-10-17(16(21)11-13)26-15-8-6-14(20)7-9-15/h5-11H,3-4,12H2,1-2H3,(H,22,24). The van der Waals surface area contributed by atoms with Crippen LogP contribution in [0.4, 0.5) is 4.39 Å². The highest BCUT2D eigenvalue weighted by Crippen LogP contribution is 2.26. The van der Waals surface area contributed by atoms with Gasteiger partial charge in [-0.05, 0) is 56.3 Å². The molecule has 2 aromatic rings. The summed E-state index contributed by atoms with van der Waals surface area (Å²) in [4.78, 5) is 25.6. The zero-order valence-corrected chi connectivity index (χ0v) is 16.2. The molecule has 0 unspecified atom stereocenters. The van der Waals surface area contributed by atoms with Gasteiger partial charge in [-0.1, -0.05) is 15.9 Å². The van der Waals surface area contributed by atoms with Gasteiger partial charge < -0.3 is 15.0 Å². The van der Waals surface area contributed by atoms with Crippen molar-refractivity contribution in [2.75, 3.05) is 19.6 Å². The molecule has 0 heterocycles. The Morgan fingerprint density at radius 2 is 1.85 bits per heavy atom. The Balaban J connectivity index is 2.12. The van der Waals surface area contributed by atoms with Crippen LogP contribution in [0.5, 0.6) is 11.5 Å². The van der Waals surface area contributed by atoms with Gasteiger partial charge in [-0.2, -0.15) is 0 Å². The van der Waals surface area contributed by atoms with Gasteiger partial charge in [0.1, 0.15) is 5.75 Å². The van der Waals surface area contributed by atoms with Crippen LogP contribution in [0.3, 0.4) is 0 Å². The van der Waals surface area contributed by atoms with Crippen LogP contribution in [0, 0.1) is 5.82 Å². The maximum Gasteiger partial charge on any atom is 0.254 e. The van der Waals surface area contributed by atoms with Gasteiger partial charge in [-0.25, -0.2) is 4.39 Å². The number of benzene rings is 2. The molecule has 7 heteroatoms. The predicted molar refractivity (Wildman–Crippen MR) is 101 cm³/mol. The molecule has 5 nitrogen and oxygen atoms in total. The molecule has 2 rings (SSSR count). The van der Waals surface area contributed by atoms with E-state index in [2.05, 4.69) is 21.2 Å². The minimum Gasteiger partial charge on any atom is -0.454 e. The average molecular weight is 423 g/mol. The number of hydrogen-bond acceptors (Lipinski definition) is 3. The third-order valence-corrected chi connectivity index (χ3v) is 4.13. The second-order valence-electron chi connectivity index (χ2n) is 5.47. The summed E-state index contributed by atoms with van der Waals surface area (Å²) in [6.45, 7) is 4.33. The van der Waals surface area contributed by atoms with E-state index in [-0.39, 0.29) is 23.8 Å². The zero-order valence-electron chi connectivity index (χ0n) is 14.6. The zero-order chi connectivity index (χ0) is 19.1. The number of hydrogen-bond donors (Lipinski definition) is 1. The summed E-state index contributed by atoms with van der Waals surface area (Å²) < 4.78 is 20.7. The van der Waals surface area contributed by atoms with Gasteiger partial charge in [-0.15, -0.1) is 0 Å². The lowest BCUT2D eigenvalue weighted by atomic mass is 10.1. The van der Waals surface area contributed by atoms with Crippen molar-refractivity contribution in [3.8, 4) is 11.5 Å². The lowest BCUT2D eigenvalue weighted by Gasteiger charge is -2.20. The highest BCUT2D eigenvalue weighted by atomic mass is 79.9. The van der Waals surface area contributed by atoms with Crippen molar-refractivity contribution in [2.45, 2.75) is 13.8 Å². The maximum atomic E-state index is 14.3. The summed E-state index contributed by atoms with van der Waals surface area (Å²) >= 11 is 3.32. The molecule has 0 bridgehead atoms. The summed E-state index contributed by atoms with van der Waals surface area (Å²) in [5.74, 6) is -0.799. The number of carbonyl (C=O) groups is 2. The van der Waals surface area contributed by atoms with E-state index >= 15 is 0 Å². The summed E-state index contributed by atoms with van der Waals surface area (Å²) in [7, 11) is 0. The molecule has 0 fully saturated rings. The summed E-state index contributed by atoms with van der Waals surface area (Å²) in [6, 6.07) is 11.0. The van der Waals surface area contributed by atoms with Crippen LogP contribution in [0.1, 0.15) is 24.2 Å². The van der Waals surface area contributed by atoms with Crippen LogP contribution in [-0.4, -0.2) is 36.3 Å². The first-order chi connectivity index (χ1) is 12.4. The van der Waals surface area contributed by atoms with Crippen LogP contribution in [0.25, 0.3) is 0 Å². The highest BCUT2D eigenvalue weighted by Gasteiger charge is 2.19. The fourth-order valence-corrected chi connectivity index (χ4v) is 2.55. The van der Waals surface area contributed by atoms with Crippen LogP contribution in [0.2, 0.25) is 0 Å². The lowest BCUT2D eigenvalue weighted by Crippen LogP contribution is -2.40. The molecular formula is C19H20BrFN2O3. The highest BCUT2D eigenvalue weighted by molar-refractivity contribution is 9.10. The molecule has 0 aliphatic rings. The second-order valence-corrected chi connectivity index (χ2v) is 6.39. The normalized spacial score (nSPS) is 10.3. The van der Waals surface area contributed by atoms with Crippen molar-refractivity contribution in [2.24, 2.45) is 0 Å². The molecule has 0 aromatic heterocycles. The van der Waals surface area contributed by atoms with Crippen LogP contribution < -0.4 is 10.1 Å². The smallest absolute Gasteiger partial charge is 0.254 e. The van der Waals surface area contributed by atoms with Gasteiger partial charge in [0.15, 0.2) is 11.6 Å². The van der Waals surface area contributed by atoms with Crippen molar-refractivity contribution in [3.05, 3.63) is 58.3 Å². The SMILES string of the molecule is CCNC(=O)CN(CC)C(=O)c1ccc(Oc2ccc(Br)cc2)c(F)c1. The van der Waals surface area contributed by atoms with Crippen molar-refractivity contribution in [3.63, 3.8) is 0 Å². The minimum absolute atomic E-state index is 0.0237. The topological polar surface area (TPSA) is 58.6 Å². The Kier molecular flexibility index (Phi) is 7.15. The van der Waals surface area contributed by atoms with Gasteiger partial charge in [0.05, 0.1) is 6.54 Å². The third kappa shape index (κ3) is 5.29. The quantitative estimate of drug-likeness (QED) is 0.733. The summed E-state index contributed by atoms with van der Waals surface area (Å²) in [6.07, 6.45) is 0. The van der Waals surface area contributed by atoms with Gasteiger partial charge in [0, 0.05) is 23.1 Å². The number of nitrogens with one attached hydrogen (secondary N) is 1. The van der Waals surface area contributed by atoms with Gasteiger partial charge in [-0.3, -0.25) is 9.59 Å². The van der Waals surface area contributed by atoms with Crippen molar-refractivity contribution >= 4 is 27.7 Å². The van der Waals surface area contributed by atoms with Crippen LogP contribution in [-0.2, 0) is 4.79 Å². The Morgan fingerprint density at radius 1 is 1.15 bits per heavy atom. The van der Waals surface area contributed by atoms with Gasteiger partial charge >= 0.3 is 0 Å². The molecule has 0 atom stereocenters. The van der Waals surface area contributed by atoms with Crippen LogP contribution >= 0.6 is 15.9 Å². The predicted octanol–water partition coefficient (Wildman–Crippen LogP) is 3.98. The monoisotopic (exact) mass is 422 g/mol. The van der Waals surface area contributed by atoms with E-state index in [4.69, 9.17) is 4.74 Å². The fourth-order valence-electron chi connectivity index (χ4n) is 2.28. The number of ether oxygens (including phenoxy) is 1. The van der Waals surface area contributed by atoms with E-state index < -0.39 is 11.7 Å². The molecule has 0 saturated carbocycles. The first-order valence-corrected chi connectivity index (χ1v) is 9.02. The minimum atomic E-state index is -0.646. The van der Waals surface area contributed by atoms with Crippen molar-refractivity contribution < 1.29 is 18.7 Å². The number of amides is 2. The van der Waals surface area contributed by atoms with Gasteiger partial charge in [0.2, 0.25) is 5.91 Å². The van der Waals surface area contributed by atoms with E-state index in [0.717, 1.165) is 10.5 Å². The van der Waals surface area contributed by atoms with Crippen LogP contribution in [0.15, 0.2) is 46.9 Å². The molecule has 1 N–H and O–H groups in total. The molecule has 0 saturated heterocycles. The van der Waals surface area contributed by atoms with E-state index in [1.54, 1.807) is 38.1 Å². The van der Waals surface area contributed by atoms with E-state index in [1.807, 2.05) is 0 Å². The summed E-state index contributed by atoms with van der Waals surface area (Å²) in [5.41, 5.74) is 0.164. The van der Waals surface area contributed by atoms with E-state index in [1.165, 1.54) is 17.0 Å². The largest absolute Gasteiger partial charge is 0.454 e. The Morgan fingerprint density at radius 3 is 2.42 bits per heavy atom. The lowest BCUT2D eigenvalue weighted by molar-refractivity contribution is -0.121. The fraction of sp³-hybridized carbons (Fsp3) is 0.263. The molecule has 138 valence electrons. The van der Waals surface area contributed by atoms with Crippen molar-refractivity contribution in [1.29, 1.82) is 0 Å². The molecule has 26 heavy (non-hydrogen) atoms. The first kappa shape index (κ1) is 19.9. The number of carbonyl (C=O) groups excluding carboxylic acids is 2. The third-order valence-electron chi connectivity index (χ3n) is 3.60. The molecule has 0 radical (unpaired) electrons. The maximum absolute atomic E-state index is 14.3. The molecular weight excluding hydrogens is 403 g/mol. The molecule has 0 aliphatic heterocycles. The molecule has 2 amide bonds. The van der Waals surface area contributed by atoms with E-state index in [9.17, 15) is 14.0 Å². The molecule has 0 spiro atoms. The van der Waals surface area contributed by atoms with Crippen molar-refractivity contribution in [1.82, 2.24) is 10.2 Å². The number of likely N-dealkylation sites (N-methyl/N-ethyl adjacent to an activating group) is 2. The van der Waals surface area contributed by atoms with E-state index in [0.29, 0.717) is 18.8 Å². The first-order valence-electron chi connectivity index (χ1n) is 8.23. The molecule has 2 aromatic carbocycles. The Labute approximate surface area is 160 Å². The number of rotatable bonds is 7. The molecule has 0 aliphatic carbocycles.